The van der Waals surface area contributed by atoms with Crippen LogP contribution in [0.25, 0.3) is 0 Å². The average Bonchev–Trinajstić information content (AvgIpc) is 2.61. The Balaban J connectivity index is 2.79. The van der Waals surface area contributed by atoms with Gasteiger partial charge in [-0.25, -0.2) is 8.42 Å². The molecule has 1 heterocycles. The molecule has 0 aromatic carbocycles. The second kappa shape index (κ2) is 4.78. The van der Waals surface area contributed by atoms with Crippen LogP contribution < -0.4 is 0 Å². The van der Waals surface area contributed by atoms with Crippen molar-refractivity contribution in [2.24, 2.45) is 0 Å². The molecule has 0 bridgehead atoms. The van der Waals surface area contributed by atoms with Crippen LogP contribution in [0.5, 0.6) is 0 Å². The number of likely N-dealkylation sites (N-methyl/N-ethyl adjacent to an activating group) is 1. The highest BCUT2D eigenvalue weighted by Crippen LogP contribution is 2.22. The largest absolute Gasteiger partial charge is 0.395 e. The lowest BCUT2D eigenvalue weighted by atomic mass is 10.2. The van der Waals surface area contributed by atoms with Crippen LogP contribution in [0.3, 0.4) is 0 Å². The van der Waals surface area contributed by atoms with Crippen LogP contribution in [0.4, 0.5) is 0 Å². The zero-order valence-electron chi connectivity index (χ0n) is 9.38. The number of hydrogen-bond acceptors (Lipinski definition) is 4. The first-order valence-electron chi connectivity index (χ1n) is 5.10. The molecule has 1 aliphatic heterocycles. The Kier molecular flexibility index (Phi) is 4.11. The van der Waals surface area contributed by atoms with E-state index in [0.29, 0.717) is 6.61 Å². The summed E-state index contributed by atoms with van der Waals surface area (Å²) in [4.78, 5) is 0. The van der Waals surface area contributed by atoms with Crippen molar-refractivity contribution in [3.8, 4) is 0 Å². The summed E-state index contributed by atoms with van der Waals surface area (Å²) in [6.45, 7) is 3.62. The summed E-state index contributed by atoms with van der Waals surface area (Å²) < 4.78 is 30.5. The van der Waals surface area contributed by atoms with Gasteiger partial charge in [0.1, 0.15) is 0 Å². The normalized spacial score (nSPS) is 29.7. The monoisotopic (exact) mass is 237 g/mol. The van der Waals surface area contributed by atoms with Crippen molar-refractivity contribution in [2.45, 2.75) is 37.7 Å². The first-order valence-corrected chi connectivity index (χ1v) is 6.61. The van der Waals surface area contributed by atoms with Gasteiger partial charge in [-0.05, 0) is 20.3 Å². The van der Waals surface area contributed by atoms with Crippen molar-refractivity contribution < 1.29 is 18.3 Å². The summed E-state index contributed by atoms with van der Waals surface area (Å²) in [5, 5.41) is 8.14. The van der Waals surface area contributed by atoms with Gasteiger partial charge in [0, 0.05) is 13.7 Å². The predicted octanol–water partition coefficient (Wildman–Crippen LogP) is -0.194. The van der Waals surface area contributed by atoms with Crippen LogP contribution in [0.1, 0.15) is 20.3 Å². The fraction of sp³-hybridized carbons (Fsp3) is 1.00. The molecule has 0 aliphatic carbocycles. The molecule has 3 atom stereocenters. The Bertz CT molecular complexity index is 303. The first-order chi connectivity index (χ1) is 6.91. The Hall–Kier alpha value is -0.170. The van der Waals surface area contributed by atoms with Gasteiger partial charge in [-0.15, -0.1) is 0 Å². The van der Waals surface area contributed by atoms with Gasteiger partial charge in [0.05, 0.1) is 24.0 Å². The van der Waals surface area contributed by atoms with Crippen molar-refractivity contribution in [1.82, 2.24) is 4.31 Å². The summed E-state index contributed by atoms with van der Waals surface area (Å²) >= 11 is 0. The van der Waals surface area contributed by atoms with Gasteiger partial charge in [0.25, 0.3) is 0 Å². The minimum absolute atomic E-state index is 0.0735. The number of aliphatic hydroxyl groups excluding tert-OH is 1. The zero-order valence-corrected chi connectivity index (χ0v) is 10.2. The van der Waals surface area contributed by atoms with E-state index >= 15 is 0 Å². The molecule has 6 heteroatoms. The number of hydrogen-bond donors (Lipinski definition) is 1. The molecule has 1 aliphatic rings. The molecule has 0 aromatic heterocycles. The van der Waals surface area contributed by atoms with Crippen LogP contribution in [0.15, 0.2) is 0 Å². The zero-order chi connectivity index (χ0) is 11.6. The number of nitrogens with zero attached hydrogens (tertiary/aromatic N) is 1. The average molecular weight is 237 g/mol. The van der Waals surface area contributed by atoms with Crippen molar-refractivity contribution in [3.05, 3.63) is 0 Å². The van der Waals surface area contributed by atoms with E-state index in [1.54, 1.807) is 7.05 Å². The lowest BCUT2D eigenvalue weighted by Gasteiger charge is -2.28. The molecule has 0 amide bonds. The highest BCUT2D eigenvalue weighted by molar-refractivity contribution is 7.89. The Labute approximate surface area is 91.1 Å². The quantitative estimate of drug-likeness (QED) is 0.735. The number of ether oxygens (including phenoxy) is 1. The summed E-state index contributed by atoms with van der Waals surface area (Å²) in [5.74, 6) is 0. The Morgan fingerprint density at radius 2 is 2.20 bits per heavy atom. The fourth-order valence-electron chi connectivity index (χ4n) is 1.76. The smallest absolute Gasteiger partial charge is 0.219 e. The lowest BCUT2D eigenvalue weighted by molar-refractivity contribution is 0.101. The minimum atomic E-state index is -3.40. The second-order valence-corrected chi connectivity index (χ2v) is 6.40. The maximum atomic E-state index is 11.9. The minimum Gasteiger partial charge on any atom is -0.395 e. The van der Waals surface area contributed by atoms with E-state index in [4.69, 9.17) is 9.84 Å². The van der Waals surface area contributed by atoms with Crippen molar-refractivity contribution >= 4 is 10.0 Å². The molecular formula is C9H19NO4S. The number of sulfonamides is 1. The molecule has 1 fully saturated rings. The van der Waals surface area contributed by atoms with E-state index in [0.717, 1.165) is 6.42 Å². The van der Waals surface area contributed by atoms with E-state index in [-0.39, 0.29) is 18.8 Å². The van der Waals surface area contributed by atoms with Crippen molar-refractivity contribution in [1.29, 1.82) is 0 Å². The standard InChI is InChI=1S/C9H19NO4S/c1-7(6-11)15(12,13)10(3)9-4-5-14-8(9)2/h7-9,11H,4-6H2,1-3H3. The van der Waals surface area contributed by atoms with Crippen molar-refractivity contribution in [2.75, 3.05) is 20.3 Å². The Morgan fingerprint density at radius 3 is 2.60 bits per heavy atom. The molecule has 1 N–H and O–H groups in total. The first kappa shape index (κ1) is 12.9. The van der Waals surface area contributed by atoms with Gasteiger partial charge in [-0.3, -0.25) is 0 Å². The van der Waals surface area contributed by atoms with Gasteiger partial charge in [0.2, 0.25) is 10.0 Å². The second-order valence-electron chi connectivity index (χ2n) is 3.99. The van der Waals surface area contributed by atoms with Gasteiger partial charge >= 0.3 is 0 Å². The van der Waals surface area contributed by atoms with E-state index in [2.05, 4.69) is 0 Å². The summed E-state index contributed by atoms with van der Waals surface area (Å²) in [6, 6.07) is -0.107. The van der Waals surface area contributed by atoms with Crippen LogP contribution in [-0.2, 0) is 14.8 Å². The molecule has 3 unspecified atom stereocenters. The molecule has 0 spiro atoms. The molecule has 0 saturated carbocycles. The van der Waals surface area contributed by atoms with Crippen LogP contribution in [-0.4, -0.2) is 55.5 Å². The topological polar surface area (TPSA) is 66.8 Å². The van der Waals surface area contributed by atoms with Crippen LogP contribution in [0, 0.1) is 0 Å². The summed E-state index contributed by atoms with van der Waals surface area (Å²) in [5.41, 5.74) is 0. The highest BCUT2D eigenvalue weighted by atomic mass is 32.2. The van der Waals surface area contributed by atoms with Gasteiger partial charge in [0.15, 0.2) is 0 Å². The number of rotatable bonds is 4. The SMILES string of the molecule is CC1OCCC1N(C)S(=O)(=O)C(C)CO. The maximum Gasteiger partial charge on any atom is 0.219 e. The summed E-state index contributed by atoms with van der Waals surface area (Å²) in [7, 11) is -1.85. The lowest BCUT2D eigenvalue weighted by Crippen LogP contribution is -2.45. The Morgan fingerprint density at radius 1 is 1.60 bits per heavy atom. The number of aliphatic hydroxyl groups is 1. The van der Waals surface area contributed by atoms with Crippen molar-refractivity contribution in [3.63, 3.8) is 0 Å². The fourth-order valence-corrected chi connectivity index (χ4v) is 3.17. The molecular weight excluding hydrogens is 218 g/mol. The van der Waals surface area contributed by atoms with Gasteiger partial charge in [-0.1, -0.05) is 0 Å². The third-order valence-corrected chi connectivity index (χ3v) is 5.21. The van der Waals surface area contributed by atoms with Crippen LogP contribution in [0.2, 0.25) is 0 Å². The van der Waals surface area contributed by atoms with Gasteiger partial charge in [-0.2, -0.15) is 4.31 Å². The van der Waals surface area contributed by atoms with Gasteiger partial charge < -0.3 is 9.84 Å². The van der Waals surface area contributed by atoms with E-state index in [9.17, 15) is 8.42 Å². The molecule has 1 saturated heterocycles. The third-order valence-electron chi connectivity index (χ3n) is 2.97. The molecule has 1 rings (SSSR count). The predicted molar refractivity (Wildman–Crippen MR) is 57.0 cm³/mol. The van der Waals surface area contributed by atoms with E-state index in [1.807, 2.05) is 6.92 Å². The molecule has 15 heavy (non-hydrogen) atoms. The molecule has 5 nitrogen and oxygen atoms in total. The van der Waals surface area contributed by atoms with Crippen LogP contribution >= 0.6 is 0 Å². The third kappa shape index (κ3) is 2.50. The molecule has 90 valence electrons. The highest BCUT2D eigenvalue weighted by Gasteiger charge is 2.36. The maximum absolute atomic E-state index is 11.9. The molecule has 0 aromatic rings. The summed E-state index contributed by atoms with van der Waals surface area (Å²) in [6.07, 6.45) is 0.644. The van der Waals surface area contributed by atoms with E-state index < -0.39 is 15.3 Å². The molecule has 0 radical (unpaired) electrons. The van der Waals surface area contributed by atoms with E-state index in [1.165, 1.54) is 11.2 Å².